The van der Waals surface area contributed by atoms with Crippen molar-refractivity contribution in [2.45, 2.75) is 6.54 Å². The van der Waals surface area contributed by atoms with E-state index < -0.39 is 0 Å². The van der Waals surface area contributed by atoms with Crippen LogP contribution in [0.2, 0.25) is 0 Å². The molecule has 7 nitrogen and oxygen atoms in total. The molecule has 1 fully saturated rings. The van der Waals surface area contributed by atoms with E-state index in [1.807, 2.05) is 0 Å². The third-order valence-electron chi connectivity index (χ3n) is 3.14. The van der Waals surface area contributed by atoms with Crippen molar-refractivity contribution in [2.75, 3.05) is 31.2 Å². The molecule has 0 amide bonds. The van der Waals surface area contributed by atoms with Crippen LogP contribution in [0.5, 0.6) is 0 Å². The molecule has 0 saturated carbocycles. The predicted octanol–water partition coefficient (Wildman–Crippen LogP) is -0.0818. The second kappa shape index (κ2) is 5.79. The monoisotopic (exact) mass is 273 g/mol. The van der Waals surface area contributed by atoms with Crippen molar-refractivity contribution < 1.29 is 4.74 Å². The lowest BCUT2D eigenvalue weighted by atomic mass is 10.3. The molecule has 0 radical (unpaired) electrons. The van der Waals surface area contributed by atoms with Gasteiger partial charge in [0.1, 0.15) is 12.4 Å². The molecule has 0 atom stereocenters. The number of morpholine rings is 1. The van der Waals surface area contributed by atoms with Gasteiger partial charge < -0.3 is 9.64 Å². The molecular weight excluding hydrogens is 258 g/mol. The standard InChI is InChI=1S/C13H15N5O2/c19-13-8-11(17-4-6-20-7-5-17)9-16-18(13)10-12-14-2-1-3-15-12/h1-3,8-9H,4-7,10H2. The van der Waals surface area contributed by atoms with Crippen LogP contribution >= 0.6 is 0 Å². The van der Waals surface area contributed by atoms with Gasteiger partial charge in [0, 0.05) is 31.5 Å². The van der Waals surface area contributed by atoms with E-state index in [-0.39, 0.29) is 12.1 Å². The number of aromatic nitrogens is 4. The quantitative estimate of drug-likeness (QED) is 0.778. The second-order valence-corrected chi connectivity index (χ2v) is 4.47. The molecule has 3 rings (SSSR count). The summed E-state index contributed by atoms with van der Waals surface area (Å²) in [6.45, 7) is 3.21. The van der Waals surface area contributed by atoms with Crippen LogP contribution in [0.4, 0.5) is 5.69 Å². The Labute approximate surface area is 115 Å². The Kier molecular flexibility index (Phi) is 3.69. The highest BCUT2D eigenvalue weighted by atomic mass is 16.5. The summed E-state index contributed by atoms with van der Waals surface area (Å²) in [6, 6.07) is 3.34. The van der Waals surface area contributed by atoms with Crippen molar-refractivity contribution >= 4 is 5.69 Å². The predicted molar refractivity (Wildman–Crippen MR) is 72.7 cm³/mol. The van der Waals surface area contributed by atoms with Crippen LogP contribution in [0.15, 0.2) is 35.5 Å². The van der Waals surface area contributed by atoms with Crippen LogP contribution in [0, 0.1) is 0 Å². The molecular formula is C13H15N5O2. The number of hydrogen-bond acceptors (Lipinski definition) is 6. The molecule has 0 aliphatic carbocycles. The van der Waals surface area contributed by atoms with E-state index in [4.69, 9.17) is 4.74 Å². The van der Waals surface area contributed by atoms with Gasteiger partial charge in [-0.3, -0.25) is 4.79 Å². The minimum absolute atomic E-state index is 0.151. The zero-order valence-electron chi connectivity index (χ0n) is 11.0. The molecule has 1 aliphatic rings. The van der Waals surface area contributed by atoms with Crippen LogP contribution in [-0.4, -0.2) is 46.1 Å². The van der Waals surface area contributed by atoms with E-state index in [9.17, 15) is 4.79 Å². The maximum atomic E-state index is 12.1. The molecule has 0 bridgehead atoms. The molecule has 104 valence electrons. The lowest BCUT2D eigenvalue weighted by Crippen LogP contribution is -2.37. The lowest BCUT2D eigenvalue weighted by molar-refractivity contribution is 0.122. The molecule has 0 N–H and O–H groups in total. The van der Waals surface area contributed by atoms with Gasteiger partial charge in [0.05, 0.1) is 25.1 Å². The first kappa shape index (κ1) is 12.7. The first-order chi connectivity index (χ1) is 9.83. The average molecular weight is 273 g/mol. The van der Waals surface area contributed by atoms with Crippen LogP contribution in [0.25, 0.3) is 0 Å². The first-order valence-corrected chi connectivity index (χ1v) is 6.49. The third kappa shape index (κ3) is 2.83. The smallest absolute Gasteiger partial charge is 0.269 e. The van der Waals surface area contributed by atoms with Gasteiger partial charge in [-0.15, -0.1) is 0 Å². The highest BCUT2D eigenvalue weighted by Gasteiger charge is 2.12. The summed E-state index contributed by atoms with van der Waals surface area (Å²) in [7, 11) is 0. The highest BCUT2D eigenvalue weighted by molar-refractivity contribution is 5.43. The Morgan fingerprint density at radius 1 is 1.20 bits per heavy atom. The normalized spacial score (nSPS) is 15.3. The zero-order chi connectivity index (χ0) is 13.8. The summed E-state index contributed by atoms with van der Waals surface area (Å²) in [5.41, 5.74) is 0.685. The van der Waals surface area contributed by atoms with Crippen molar-refractivity contribution in [1.29, 1.82) is 0 Å². The number of rotatable bonds is 3. The molecule has 0 aromatic carbocycles. The highest BCUT2D eigenvalue weighted by Crippen LogP contribution is 2.11. The molecule has 1 aliphatic heterocycles. The maximum absolute atomic E-state index is 12.1. The molecule has 2 aromatic heterocycles. The van der Waals surface area contributed by atoms with Gasteiger partial charge in [-0.2, -0.15) is 5.10 Å². The van der Waals surface area contributed by atoms with E-state index in [0.717, 1.165) is 18.8 Å². The summed E-state index contributed by atoms with van der Waals surface area (Å²) in [6.07, 6.45) is 5.00. The fraction of sp³-hybridized carbons (Fsp3) is 0.385. The van der Waals surface area contributed by atoms with Crippen molar-refractivity contribution in [1.82, 2.24) is 19.7 Å². The lowest BCUT2D eigenvalue weighted by Gasteiger charge is -2.28. The van der Waals surface area contributed by atoms with E-state index >= 15 is 0 Å². The van der Waals surface area contributed by atoms with Gasteiger partial charge in [-0.05, 0) is 6.07 Å². The number of nitrogens with zero attached hydrogens (tertiary/aromatic N) is 5. The topological polar surface area (TPSA) is 73.1 Å². The maximum Gasteiger partial charge on any atom is 0.269 e. The Hall–Kier alpha value is -2.28. The van der Waals surface area contributed by atoms with E-state index in [1.165, 1.54) is 4.68 Å². The van der Waals surface area contributed by atoms with Crippen LogP contribution in [-0.2, 0) is 11.3 Å². The Bertz CT molecular complexity index is 622. The summed E-state index contributed by atoms with van der Waals surface area (Å²) < 4.78 is 6.65. The fourth-order valence-corrected chi connectivity index (χ4v) is 2.08. The molecule has 0 unspecified atom stereocenters. The second-order valence-electron chi connectivity index (χ2n) is 4.47. The van der Waals surface area contributed by atoms with Crippen LogP contribution in [0.3, 0.4) is 0 Å². The van der Waals surface area contributed by atoms with Crippen molar-refractivity contribution in [2.24, 2.45) is 0 Å². The number of ether oxygens (including phenoxy) is 1. The van der Waals surface area contributed by atoms with Gasteiger partial charge in [0.2, 0.25) is 0 Å². The largest absolute Gasteiger partial charge is 0.378 e. The van der Waals surface area contributed by atoms with Crippen molar-refractivity contribution in [3.63, 3.8) is 0 Å². The summed E-state index contributed by atoms with van der Waals surface area (Å²) in [5.74, 6) is 0.571. The third-order valence-corrected chi connectivity index (χ3v) is 3.14. The zero-order valence-corrected chi connectivity index (χ0v) is 11.0. The molecule has 1 saturated heterocycles. The average Bonchev–Trinajstić information content (AvgIpc) is 2.51. The van der Waals surface area contributed by atoms with E-state index in [0.29, 0.717) is 19.0 Å². The molecule has 20 heavy (non-hydrogen) atoms. The summed E-state index contributed by atoms with van der Waals surface area (Å²) in [4.78, 5) is 22.4. The molecule has 7 heteroatoms. The van der Waals surface area contributed by atoms with Gasteiger partial charge in [0.15, 0.2) is 0 Å². The Morgan fingerprint density at radius 3 is 2.65 bits per heavy atom. The van der Waals surface area contributed by atoms with Gasteiger partial charge in [-0.1, -0.05) is 0 Å². The van der Waals surface area contributed by atoms with Gasteiger partial charge in [-0.25, -0.2) is 14.6 Å². The molecule has 3 heterocycles. The SMILES string of the molecule is O=c1cc(N2CCOCC2)cnn1Cc1ncccn1. The van der Waals surface area contributed by atoms with E-state index in [2.05, 4.69) is 20.0 Å². The van der Waals surface area contributed by atoms with Gasteiger partial charge >= 0.3 is 0 Å². The van der Waals surface area contributed by atoms with E-state index in [1.54, 1.807) is 30.7 Å². The number of anilines is 1. The Balaban J connectivity index is 1.79. The van der Waals surface area contributed by atoms with Gasteiger partial charge in [0.25, 0.3) is 5.56 Å². The van der Waals surface area contributed by atoms with Crippen molar-refractivity contribution in [3.8, 4) is 0 Å². The summed E-state index contributed by atoms with van der Waals surface area (Å²) in [5, 5.41) is 4.19. The first-order valence-electron chi connectivity index (χ1n) is 6.49. The molecule has 2 aromatic rings. The molecule has 0 spiro atoms. The van der Waals surface area contributed by atoms with Crippen molar-refractivity contribution in [3.05, 3.63) is 46.9 Å². The summed E-state index contributed by atoms with van der Waals surface area (Å²) >= 11 is 0. The fourth-order valence-electron chi connectivity index (χ4n) is 2.08. The van der Waals surface area contributed by atoms with Crippen LogP contribution in [0.1, 0.15) is 5.82 Å². The number of hydrogen-bond donors (Lipinski definition) is 0. The Morgan fingerprint density at radius 2 is 1.95 bits per heavy atom. The minimum atomic E-state index is -0.151. The van der Waals surface area contributed by atoms with Crippen LogP contribution < -0.4 is 10.5 Å². The minimum Gasteiger partial charge on any atom is -0.378 e.